The number of benzene rings is 3. The predicted molar refractivity (Wildman–Crippen MR) is 151 cm³/mol. The molecule has 0 radical (unpaired) electrons. The van der Waals surface area contributed by atoms with Gasteiger partial charge in [-0.2, -0.15) is 0 Å². The molecule has 3 aromatic rings. The highest BCUT2D eigenvalue weighted by Gasteiger charge is 2.52. The molecular weight excluding hydrogens is 542 g/mol. The number of allylic oxidation sites excluding steroid dienone is 1. The summed E-state index contributed by atoms with van der Waals surface area (Å²) in [5, 5.41) is 12.1. The van der Waals surface area contributed by atoms with E-state index in [0.717, 1.165) is 11.1 Å². The minimum absolute atomic E-state index is 0.116. The monoisotopic (exact) mass is 573 g/mol. The van der Waals surface area contributed by atoms with E-state index in [1.807, 2.05) is 60.7 Å². The summed E-state index contributed by atoms with van der Waals surface area (Å²) in [6, 6.07) is 24.3. The van der Waals surface area contributed by atoms with Crippen molar-refractivity contribution in [2.24, 2.45) is 0 Å². The van der Waals surface area contributed by atoms with Crippen molar-refractivity contribution in [1.29, 1.82) is 0 Å². The van der Waals surface area contributed by atoms with E-state index in [4.69, 9.17) is 23.7 Å². The van der Waals surface area contributed by atoms with Crippen LogP contribution in [-0.4, -0.2) is 66.6 Å². The standard InChI is InChI=1S/C32H31NO9/c1-20(34)33-28-30(38-19-27(36)37)29-26(18-39-31(42-29)23-10-6-3-7-11-23)41-32(28)40-24-15-13-22(14-16-24)25(35)17-12-21-8-4-2-5-9-21/h2-17,26,28-32H,18-19H2,1H3,(H,33,34)(H,36,37)/b17-12+. The molecule has 0 saturated carbocycles. The molecule has 5 rings (SSSR count). The lowest BCUT2D eigenvalue weighted by Crippen LogP contribution is -2.68. The fourth-order valence-electron chi connectivity index (χ4n) is 4.87. The first-order chi connectivity index (χ1) is 20.4. The van der Waals surface area contributed by atoms with Crippen LogP contribution in [0.1, 0.15) is 34.7 Å². The number of rotatable bonds is 10. The van der Waals surface area contributed by atoms with Crippen molar-refractivity contribution < 1.29 is 43.2 Å². The van der Waals surface area contributed by atoms with E-state index in [2.05, 4.69) is 5.32 Å². The maximum absolute atomic E-state index is 12.7. The van der Waals surface area contributed by atoms with E-state index in [1.165, 1.54) is 13.0 Å². The minimum atomic E-state index is -1.18. The van der Waals surface area contributed by atoms with Gasteiger partial charge in [0.05, 0.1) is 6.61 Å². The normalized spacial score (nSPS) is 25.4. The summed E-state index contributed by atoms with van der Waals surface area (Å²) in [4.78, 5) is 36.3. The average molecular weight is 574 g/mol. The highest BCUT2D eigenvalue weighted by atomic mass is 16.8. The van der Waals surface area contributed by atoms with Crippen LogP contribution < -0.4 is 10.1 Å². The van der Waals surface area contributed by atoms with Crippen molar-refractivity contribution in [1.82, 2.24) is 5.32 Å². The number of carbonyl (C=O) groups is 3. The van der Waals surface area contributed by atoms with Gasteiger partial charge in [0.2, 0.25) is 12.2 Å². The number of hydrogen-bond donors (Lipinski definition) is 2. The smallest absolute Gasteiger partial charge is 0.329 e. The van der Waals surface area contributed by atoms with Crippen molar-refractivity contribution in [3.63, 3.8) is 0 Å². The fourth-order valence-corrected chi connectivity index (χ4v) is 4.87. The molecular formula is C32H31NO9. The van der Waals surface area contributed by atoms with Crippen LogP contribution in [0.5, 0.6) is 5.75 Å². The number of ketones is 1. The van der Waals surface area contributed by atoms with Crippen LogP contribution in [0, 0.1) is 0 Å². The SMILES string of the molecule is CC(=O)NC1C(Oc2ccc(C(=O)/C=C/c3ccccc3)cc2)OC2COC(c3ccccc3)OC2C1OCC(=O)O. The van der Waals surface area contributed by atoms with Crippen LogP contribution in [0.15, 0.2) is 91.0 Å². The summed E-state index contributed by atoms with van der Waals surface area (Å²) >= 11 is 0. The maximum atomic E-state index is 12.7. The van der Waals surface area contributed by atoms with Crippen molar-refractivity contribution in [2.75, 3.05) is 13.2 Å². The lowest BCUT2D eigenvalue weighted by atomic mass is 9.95. The van der Waals surface area contributed by atoms with Gasteiger partial charge in [0.15, 0.2) is 12.1 Å². The summed E-state index contributed by atoms with van der Waals surface area (Å²) in [6.45, 7) is 0.827. The molecule has 42 heavy (non-hydrogen) atoms. The largest absolute Gasteiger partial charge is 0.480 e. The molecule has 1 amide bonds. The predicted octanol–water partition coefficient (Wildman–Crippen LogP) is 3.78. The Labute approximate surface area is 242 Å². The van der Waals surface area contributed by atoms with Gasteiger partial charge in [0.25, 0.3) is 0 Å². The van der Waals surface area contributed by atoms with Crippen molar-refractivity contribution in [2.45, 2.75) is 43.9 Å². The van der Waals surface area contributed by atoms with Gasteiger partial charge in [-0.1, -0.05) is 66.7 Å². The van der Waals surface area contributed by atoms with E-state index in [-0.39, 0.29) is 12.4 Å². The third-order valence-electron chi connectivity index (χ3n) is 6.80. The number of nitrogens with one attached hydrogen (secondary N) is 1. The molecule has 10 nitrogen and oxygen atoms in total. The Kier molecular flexibility index (Phi) is 9.40. The van der Waals surface area contributed by atoms with Crippen LogP contribution in [0.3, 0.4) is 0 Å². The second-order valence-electron chi connectivity index (χ2n) is 9.87. The zero-order valence-electron chi connectivity index (χ0n) is 22.8. The third-order valence-corrected chi connectivity index (χ3v) is 6.80. The number of hydrogen-bond acceptors (Lipinski definition) is 8. The van der Waals surface area contributed by atoms with Crippen LogP contribution in [0.4, 0.5) is 0 Å². The number of carboxylic acids is 1. The minimum Gasteiger partial charge on any atom is -0.480 e. The van der Waals surface area contributed by atoms with Gasteiger partial charge >= 0.3 is 5.97 Å². The van der Waals surface area contributed by atoms with Crippen molar-refractivity contribution in [3.05, 3.63) is 108 Å². The zero-order chi connectivity index (χ0) is 29.5. The maximum Gasteiger partial charge on any atom is 0.329 e. The Morgan fingerprint density at radius 2 is 1.64 bits per heavy atom. The number of fused-ring (bicyclic) bond motifs is 1. The number of aliphatic carboxylic acids is 1. The first-order valence-electron chi connectivity index (χ1n) is 13.5. The highest BCUT2D eigenvalue weighted by Crippen LogP contribution is 2.36. The molecule has 2 fully saturated rings. The van der Waals surface area contributed by atoms with Crippen LogP contribution >= 0.6 is 0 Å². The molecule has 218 valence electrons. The third kappa shape index (κ3) is 7.29. The summed E-state index contributed by atoms with van der Waals surface area (Å²) in [6.07, 6.45) is -0.951. The molecule has 0 bridgehead atoms. The summed E-state index contributed by atoms with van der Waals surface area (Å²) in [7, 11) is 0. The summed E-state index contributed by atoms with van der Waals surface area (Å²) < 4.78 is 30.2. The highest BCUT2D eigenvalue weighted by molar-refractivity contribution is 6.06. The molecule has 0 spiro atoms. The van der Waals surface area contributed by atoms with Crippen LogP contribution in [0.25, 0.3) is 6.08 Å². The molecule has 2 aliphatic rings. The first kappa shape index (κ1) is 29.2. The van der Waals surface area contributed by atoms with E-state index >= 15 is 0 Å². The molecule has 2 heterocycles. The summed E-state index contributed by atoms with van der Waals surface area (Å²) in [5.74, 6) is -1.37. The van der Waals surface area contributed by atoms with Gasteiger partial charge in [-0.15, -0.1) is 0 Å². The quantitative estimate of drug-likeness (QED) is 0.275. The number of carbonyl (C=O) groups excluding carboxylic acids is 2. The second kappa shape index (κ2) is 13.5. The van der Waals surface area contributed by atoms with E-state index < -0.39 is 55.4 Å². The van der Waals surface area contributed by atoms with Gasteiger partial charge in [0, 0.05) is 18.1 Å². The Balaban J connectivity index is 1.34. The lowest BCUT2D eigenvalue weighted by Gasteiger charge is -2.49. The Bertz CT molecular complexity index is 1390. The van der Waals surface area contributed by atoms with Gasteiger partial charge in [-0.05, 0) is 35.9 Å². The van der Waals surface area contributed by atoms with Crippen molar-refractivity contribution >= 4 is 23.7 Å². The molecule has 2 aliphatic heterocycles. The van der Waals surface area contributed by atoms with E-state index in [9.17, 15) is 19.5 Å². The molecule has 3 aromatic carbocycles. The van der Waals surface area contributed by atoms with Crippen LogP contribution in [0.2, 0.25) is 0 Å². The van der Waals surface area contributed by atoms with E-state index in [1.54, 1.807) is 30.3 Å². The van der Waals surface area contributed by atoms with Crippen molar-refractivity contribution in [3.8, 4) is 5.75 Å². The number of carboxylic acid groups (broad SMARTS) is 1. The summed E-state index contributed by atoms with van der Waals surface area (Å²) in [5.41, 5.74) is 2.14. The molecule has 0 aliphatic carbocycles. The molecule has 6 atom stereocenters. The molecule has 10 heteroatoms. The van der Waals surface area contributed by atoms with Gasteiger partial charge in [0.1, 0.15) is 36.7 Å². The average Bonchev–Trinajstić information content (AvgIpc) is 3.00. The van der Waals surface area contributed by atoms with Crippen LogP contribution in [-0.2, 0) is 28.5 Å². The Hall–Kier alpha value is -4.35. The molecule has 0 aromatic heterocycles. The first-order valence-corrected chi connectivity index (χ1v) is 13.5. The second-order valence-corrected chi connectivity index (χ2v) is 9.87. The zero-order valence-corrected chi connectivity index (χ0v) is 22.8. The molecule has 6 unspecified atom stereocenters. The number of ether oxygens (including phenoxy) is 5. The topological polar surface area (TPSA) is 130 Å². The molecule has 2 N–H and O–H groups in total. The Morgan fingerprint density at radius 3 is 2.31 bits per heavy atom. The Morgan fingerprint density at radius 1 is 0.952 bits per heavy atom. The van der Waals surface area contributed by atoms with Gasteiger partial charge in [-0.25, -0.2) is 4.79 Å². The fraction of sp³-hybridized carbons (Fsp3) is 0.281. The molecule has 2 saturated heterocycles. The number of amides is 1. The lowest BCUT2D eigenvalue weighted by molar-refractivity contribution is -0.337. The van der Waals surface area contributed by atoms with Gasteiger partial charge in [-0.3, -0.25) is 9.59 Å². The van der Waals surface area contributed by atoms with Gasteiger partial charge < -0.3 is 34.1 Å². The van der Waals surface area contributed by atoms with E-state index in [0.29, 0.717) is 11.3 Å².